The van der Waals surface area contributed by atoms with E-state index in [1.54, 1.807) is 53.4 Å². The summed E-state index contributed by atoms with van der Waals surface area (Å²) in [5, 5.41) is 10.2. The Hall–Kier alpha value is -4.16. The molecule has 1 saturated heterocycles. The van der Waals surface area contributed by atoms with Gasteiger partial charge in [-0.05, 0) is 48.5 Å². The predicted molar refractivity (Wildman–Crippen MR) is 122 cm³/mol. The smallest absolute Gasteiger partial charge is 0.289 e. The number of furan rings is 2. The van der Waals surface area contributed by atoms with E-state index in [0.717, 1.165) is 0 Å². The minimum absolute atomic E-state index is 0.160. The van der Waals surface area contributed by atoms with Crippen molar-refractivity contribution in [1.29, 1.82) is 5.26 Å². The van der Waals surface area contributed by atoms with Gasteiger partial charge in [0.05, 0.1) is 6.26 Å². The standard InChI is InChI=1S/C24H19ClN4O5/c25-16-3-5-17(6-4-16)32-15-18-7-8-20(33-18)22-27-19(14-26)24(34-22)29-11-9-28(10-12-29)23(30)21-2-1-13-31-21/h1-8,13H,9-12,15H2. The molecule has 0 saturated carbocycles. The fourth-order valence-corrected chi connectivity index (χ4v) is 3.76. The van der Waals surface area contributed by atoms with Crippen molar-refractivity contribution >= 4 is 23.4 Å². The zero-order chi connectivity index (χ0) is 23.5. The maximum Gasteiger partial charge on any atom is 0.289 e. The summed E-state index contributed by atoms with van der Waals surface area (Å²) >= 11 is 5.89. The van der Waals surface area contributed by atoms with E-state index in [0.29, 0.717) is 60.1 Å². The van der Waals surface area contributed by atoms with Gasteiger partial charge in [-0.3, -0.25) is 4.79 Å². The van der Waals surface area contributed by atoms with Crippen LogP contribution < -0.4 is 9.64 Å². The van der Waals surface area contributed by atoms with E-state index >= 15 is 0 Å². The predicted octanol–water partition coefficient (Wildman–Crippen LogP) is 4.59. The maximum absolute atomic E-state index is 12.5. The molecule has 9 nitrogen and oxygen atoms in total. The highest BCUT2D eigenvalue weighted by Crippen LogP contribution is 2.30. The Morgan fingerprint density at radius 3 is 2.59 bits per heavy atom. The molecule has 0 aliphatic carbocycles. The summed E-state index contributed by atoms with van der Waals surface area (Å²) in [7, 11) is 0. The summed E-state index contributed by atoms with van der Waals surface area (Å²) in [6.45, 7) is 2.13. The zero-order valence-electron chi connectivity index (χ0n) is 17.9. The number of piperazine rings is 1. The van der Waals surface area contributed by atoms with Crippen LogP contribution in [0.3, 0.4) is 0 Å². The van der Waals surface area contributed by atoms with Crippen molar-refractivity contribution < 1.29 is 22.8 Å². The SMILES string of the molecule is N#Cc1nc(-c2ccc(COc3ccc(Cl)cc3)o2)oc1N1CCN(C(=O)c2ccco2)CC1. The number of hydrogen-bond acceptors (Lipinski definition) is 8. The van der Waals surface area contributed by atoms with Gasteiger partial charge in [-0.1, -0.05) is 11.6 Å². The van der Waals surface area contributed by atoms with Crippen molar-refractivity contribution in [2.24, 2.45) is 0 Å². The summed E-state index contributed by atoms with van der Waals surface area (Å²) in [4.78, 5) is 20.4. The molecule has 10 heteroatoms. The second-order valence-corrected chi connectivity index (χ2v) is 7.99. The first-order valence-corrected chi connectivity index (χ1v) is 10.9. The maximum atomic E-state index is 12.5. The van der Waals surface area contributed by atoms with Gasteiger partial charge in [0.15, 0.2) is 11.5 Å². The Labute approximate surface area is 199 Å². The molecule has 3 aromatic heterocycles. The number of anilines is 1. The lowest BCUT2D eigenvalue weighted by Gasteiger charge is -2.34. The Bertz CT molecular complexity index is 1310. The van der Waals surface area contributed by atoms with Gasteiger partial charge in [0.2, 0.25) is 11.6 Å². The van der Waals surface area contributed by atoms with Crippen LogP contribution in [0.4, 0.5) is 5.88 Å². The molecule has 0 atom stereocenters. The third kappa shape index (κ3) is 4.49. The van der Waals surface area contributed by atoms with Gasteiger partial charge in [-0.2, -0.15) is 10.2 Å². The van der Waals surface area contributed by atoms with Crippen LogP contribution in [-0.4, -0.2) is 42.0 Å². The molecule has 1 aliphatic rings. The molecular formula is C24H19ClN4O5. The third-order valence-electron chi connectivity index (χ3n) is 5.37. The van der Waals surface area contributed by atoms with Gasteiger partial charge in [-0.25, -0.2) is 0 Å². The van der Waals surface area contributed by atoms with Crippen LogP contribution >= 0.6 is 11.6 Å². The monoisotopic (exact) mass is 478 g/mol. The molecule has 1 amide bonds. The quantitative estimate of drug-likeness (QED) is 0.395. The van der Waals surface area contributed by atoms with Gasteiger partial charge in [-0.15, -0.1) is 0 Å². The van der Waals surface area contributed by atoms with Crippen LogP contribution in [-0.2, 0) is 6.61 Å². The van der Waals surface area contributed by atoms with E-state index in [4.69, 9.17) is 29.6 Å². The van der Waals surface area contributed by atoms with Crippen LogP contribution in [0, 0.1) is 11.3 Å². The lowest BCUT2D eigenvalue weighted by atomic mass is 10.2. The van der Waals surface area contributed by atoms with Crippen molar-refractivity contribution in [1.82, 2.24) is 9.88 Å². The molecule has 1 aromatic carbocycles. The minimum Gasteiger partial charge on any atom is -0.486 e. The lowest BCUT2D eigenvalue weighted by Crippen LogP contribution is -2.48. The van der Waals surface area contributed by atoms with E-state index in [2.05, 4.69) is 11.1 Å². The van der Waals surface area contributed by atoms with Crippen LogP contribution in [0.2, 0.25) is 5.02 Å². The number of hydrogen-bond donors (Lipinski definition) is 0. The Morgan fingerprint density at radius 1 is 1.09 bits per heavy atom. The van der Waals surface area contributed by atoms with Crippen LogP contribution in [0.15, 0.2) is 68.0 Å². The lowest BCUT2D eigenvalue weighted by molar-refractivity contribution is 0.0713. The average molecular weight is 479 g/mol. The number of carbonyl (C=O) groups is 1. The number of aromatic nitrogens is 1. The van der Waals surface area contributed by atoms with Crippen molar-refractivity contribution in [3.8, 4) is 23.5 Å². The first-order valence-electron chi connectivity index (χ1n) is 10.6. The molecule has 0 bridgehead atoms. The van der Waals surface area contributed by atoms with Gasteiger partial charge >= 0.3 is 0 Å². The number of carbonyl (C=O) groups excluding carboxylic acids is 1. The fourth-order valence-electron chi connectivity index (χ4n) is 3.63. The molecule has 172 valence electrons. The Kier molecular flexibility index (Phi) is 5.97. The summed E-state index contributed by atoms with van der Waals surface area (Å²) in [6.07, 6.45) is 1.47. The molecule has 1 aliphatic heterocycles. The number of benzene rings is 1. The topological polar surface area (TPSA) is 109 Å². The number of halogens is 1. The number of nitriles is 1. The van der Waals surface area contributed by atoms with Crippen molar-refractivity contribution in [2.75, 3.05) is 31.1 Å². The first kappa shape index (κ1) is 21.7. The zero-order valence-corrected chi connectivity index (χ0v) is 18.7. The highest BCUT2D eigenvalue weighted by atomic mass is 35.5. The highest BCUT2D eigenvalue weighted by Gasteiger charge is 2.28. The highest BCUT2D eigenvalue weighted by molar-refractivity contribution is 6.30. The second-order valence-electron chi connectivity index (χ2n) is 7.55. The second kappa shape index (κ2) is 9.37. The molecule has 0 N–H and O–H groups in total. The Morgan fingerprint density at radius 2 is 1.88 bits per heavy atom. The largest absolute Gasteiger partial charge is 0.486 e. The van der Waals surface area contributed by atoms with E-state index in [9.17, 15) is 10.1 Å². The summed E-state index contributed by atoms with van der Waals surface area (Å²) in [6, 6.07) is 15.9. The van der Waals surface area contributed by atoms with E-state index in [1.165, 1.54) is 6.26 Å². The molecule has 0 unspecified atom stereocenters. The Balaban J connectivity index is 1.25. The van der Waals surface area contributed by atoms with Crippen LogP contribution in [0.5, 0.6) is 5.75 Å². The molecule has 4 heterocycles. The van der Waals surface area contributed by atoms with Gasteiger partial charge < -0.3 is 27.8 Å². The summed E-state index contributed by atoms with van der Waals surface area (Å²) in [5.74, 6) is 2.35. The average Bonchev–Trinajstić information content (AvgIpc) is 3.64. The number of nitrogens with zero attached hydrogens (tertiary/aromatic N) is 4. The molecular weight excluding hydrogens is 460 g/mol. The number of rotatable bonds is 6. The van der Waals surface area contributed by atoms with Crippen LogP contribution in [0.25, 0.3) is 11.7 Å². The number of oxazole rings is 1. The molecule has 0 radical (unpaired) electrons. The van der Waals surface area contributed by atoms with Gasteiger partial charge in [0.25, 0.3) is 11.8 Å². The summed E-state index contributed by atoms with van der Waals surface area (Å²) < 4.78 is 22.6. The van der Waals surface area contributed by atoms with Gasteiger partial charge in [0.1, 0.15) is 24.2 Å². The minimum atomic E-state index is -0.160. The van der Waals surface area contributed by atoms with E-state index in [-0.39, 0.29) is 24.1 Å². The number of amides is 1. The molecule has 4 aromatic rings. The van der Waals surface area contributed by atoms with E-state index < -0.39 is 0 Å². The molecule has 34 heavy (non-hydrogen) atoms. The van der Waals surface area contributed by atoms with Crippen LogP contribution in [0.1, 0.15) is 22.0 Å². The van der Waals surface area contributed by atoms with E-state index in [1.807, 2.05) is 4.90 Å². The van der Waals surface area contributed by atoms with Crippen molar-refractivity contribution in [2.45, 2.75) is 6.61 Å². The molecule has 1 fully saturated rings. The summed E-state index contributed by atoms with van der Waals surface area (Å²) in [5.41, 5.74) is 0.163. The normalized spacial score (nSPS) is 13.6. The van der Waals surface area contributed by atoms with Crippen molar-refractivity contribution in [3.05, 3.63) is 77.0 Å². The van der Waals surface area contributed by atoms with Gasteiger partial charge in [0, 0.05) is 31.2 Å². The third-order valence-corrected chi connectivity index (χ3v) is 5.62. The molecule has 5 rings (SSSR count). The fraction of sp³-hybridized carbons (Fsp3) is 0.208. The molecule has 0 spiro atoms. The first-order chi connectivity index (χ1) is 16.6. The number of ether oxygens (including phenoxy) is 1. The van der Waals surface area contributed by atoms with Crippen molar-refractivity contribution in [3.63, 3.8) is 0 Å².